The molecular formula is C23H17Cl2N3O4. The predicted octanol–water partition coefficient (Wildman–Crippen LogP) is 4.09. The Balaban J connectivity index is 1.45. The van der Waals surface area contributed by atoms with Crippen LogP contribution in [0.2, 0.25) is 10.0 Å². The highest BCUT2D eigenvalue weighted by molar-refractivity contribution is 6.33. The third kappa shape index (κ3) is 6.66. The van der Waals surface area contributed by atoms with E-state index in [-0.39, 0.29) is 12.1 Å². The molecule has 2 amide bonds. The van der Waals surface area contributed by atoms with E-state index < -0.39 is 17.8 Å². The van der Waals surface area contributed by atoms with E-state index in [1.165, 1.54) is 6.21 Å². The summed E-state index contributed by atoms with van der Waals surface area (Å²) < 4.78 is 5.29. The fourth-order valence-corrected chi connectivity index (χ4v) is 2.83. The first-order chi connectivity index (χ1) is 15.4. The molecule has 0 saturated carbocycles. The van der Waals surface area contributed by atoms with Crippen molar-refractivity contribution >= 4 is 47.2 Å². The highest BCUT2D eigenvalue weighted by Gasteiger charge is 2.12. The quantitative estimate of drug-likeness (QED) is 0.235. The summed E-state index contributed by atoms with van der Waals surface area (Å²) in [5.74, 6) is -1.12. The van der Waals surface area contributed by atoms with Gasteiger partial charge in [-0.05, 0) is 66.2 Å². The maximum atomic E-state index is 12.2. The van der Waals surface area contributed by atoms with Crippen LogP contribution in [-0.2, 0) is 4.79 Å². The molecule has 0 unspecified atom stereocenters. The summed E-state index contributed by atoms with van der Waals surface area (Å²) in [5, 5.41) is 7.14. The van der Waals surface area contributed by atoms with Gasteiger partial charge in [0.15, 0.2) is 0 Å². The van der Waals surface area contributed by atoms with Crippen molar-refractivity contribution in [3.05, 3.63) is 99.5 Å². The van der Waals surface area contributed by atoms with Crippen LogP contribution < -0.4 is 15.5 Å². The Kier molecular flexibility index (Phi) is 7.96. The Hall–Kier alpha value is -3.68. The van der Waals surface area contributed by atoms with Crippen molar-refractivity contribution in [1.29, 1.82) is 0 Å². The zero-order chi connectivity index (χ0) is 22.9. The number of ether oxygens (including phenoxy) is 1. The van der Waals surface area contributed by atoms with Gasteiger partial charge in [-0.25, -0.2) is 10.2 Å². The molecule has 0 aromatic heterocycles. The number of hydrogen-bond donors (Lipinski definition) is 2. The third-order valence-electron chi connectivity index (χ3n) is 4.10. The summed E-state index contributed by atoms with van der Waals surface area (Å²) in [6.45, 7) is -0.240. The molecule has 0 heterocycles. The van der Waals surface area contributed by atoms with Crippen LogP contribution in [0.15, 0.2) is 77.9 Å². The highest BCUT2D eigenvalue weighted by atomic mass is 35.5. The largest absolute Gasteiger partial charge is 0.423 e. The Morgan fingerprint density at radius 3 is 2.28 bits per heavy atom. The number of halogens is 2. The minimum Gasteiger partial charge on any atom is -0.423 e. The van der Waals surface area contributed by atoms with Crippen LogP contribution >= 0.6 is 23.2 Å². The van der Waals surface area contributed by atoms with Crippen molar-refractivity contribution in [1.82, 2.24) is 10.7 Å². The van der Waals surface area contributed by atoms with Crippen LogP contribution in [0.3, 0.4) is 0 Å². The molecule has 0 aliphatic rings. The number of nitrogens with one attached hydrogen (secondary N) is 2. The van der Waals surface area contributed by atoms with E-state index in [2.05, 4.69) is 15.8 Å². The highest BCUT2D eigenvalue weighted by Crippen LogP contribution is 2.19. The molecule has 2 N–H and O–H groups in total. The van der Waals surface area contributed by atoms with Crippen molar-refractivity contribution in [3.63, 3.8) is 0 Å². The topological polar surface area (TPSA) is 96.9 Å². The SMILES string of the molecule is O=C(CNC(=O)c1ccc(Cl)cc1)N/N=C\c1ccc(OC(=O)c2ccccc2Cl)cc1. The van der Waals surface area contributed by atoms with Crippen molar-refractivity contribution in [2.45, 2.75) is 0 Å². The van der Waals surface area contributed by atoms with Gasteiger partial charge in [-0.15, -0.1) is 0 Å². The lowest BCUT2D eigenvalue weighted by Gasteiger charge is -2.06. The first-order valence-electron chi connectivity index (χ1n) is 9.35. The number of carbonyl (C=O) groups is 3. The minimum absolute atomic E-state index is 0.240. The number of carbonyl (C=O) groups excluding carboxylic acids is 3. The lowest BCUT2D eigenvalue weighted by Crippen LogP contribution is -2.34. The molecule has 7 nitrogen and oxygen atoms in total. The number of esters is 1. The van der Waals surface area contributed by atoms with Gasteiger partial charge in [-0.2, -0.15) is 5.10 Å². The number of amides is 2. The van der Waals surface area contributed by atoms with Crippen molar-refractivity contribution in [2.75, 3.05) is 6.54 Å². The van der Waals surface area contributed by atoms with Gasteiger partial charge in [0.2, 0.25) is 0 Å². The predicted molar refractivity (Wildman–Crippen MR) is 122 cm³/mol. The molecule has 0 radical (unpaired) electrons. The standard InChI is InChI=1S/C23H17Cl2N3O4/c24-17-9-7-16(8-10-17)22(30)26-14-21(29)28-27-13-15-5-11-18(12-6-15)32-23(31)19-3-1-2-4-20(19)25/h1-13H,14H2,(H,26,30)(H,28,29)/b27-13-. The average molecular weight is 470 g/mol. The summed E-state index contributed by atoms with van der Waals surface area (Å²) in [4.78, 5) is 36.0. The molecule has 3 rings (SSSR count). The van der Waals surface area contributed by atoms with Gasteiger partial charge in [-0.1, -0.05) is 35.3 Å². The molecule has 32 heavy (non-hydrogen) atoms. The summed E-state index contributed by atoms with van der Waals surface area (Å²) in [6.07, 6.45) is 1.42. The molecular weight excluding hydrogens is 453 g/mol. The second-order valence-corrected chi connectivity index (χ2v) is 7.26. The van der Waals surface area contributed by atoms with Gasteiger partial charge in [0.1, 0.15) is 5.75 Å². The Labute approximate surface area is 194 Å². The van der Waals surface area contributed by atoms with Crippen molar-refractivity contribution in [3.8, 4) is 5.75 Å². The third-order valence-corrected chi connectivity index (χ3v) is 4.68. The fourth-order valence-electron chi connectivity index (χ4n) is 2.49. The van der Waals surface area contributed by atoms with Crippen LogP contribution in [0, 0.1) is 0 Å². The minimum atomic E-state index is -0.565. The Morgan fingerprint density at radius 1 is 0.906 bits per heavy atom. The number of hydrogen-bond acceptors (Lipinski definition) is 5. The van der Waals surface area contributed by atoms with Crippen LogP contribution in [0.4, 0.5) is 0 Å². The number of hydrazone groups is 1. The van der Waals surface area contributed by atoms with E-state index >= 15 is 0 Å². The van der Waals surface area contributed by atoms with E-state index in [0.717, 1.165) is 0 Å². The molecule has 0 fully saturated rings. The number of benzene rings is 3. The average Bonchev–Trinajstić information content (AvgIpc) is 2.79. The molecule has 3 aromatic rings. The van der Waals surface area contributed by atoms with Gasteiger partial charge < -0.3 is 10.1 Å². The smallest absolute Gasteiger partial charge is 0.345 e. The maximum absolute atomic E-state index is 12.2. The van der Waals surface area contributed by atoms with E-state index in [1.807, 2.05) is 0 Å². The second-order valence-electron chi connectivity index (χ2n) is 6.42. The lowest BCUT2D eigenvalue weighted by molar-refractivity contribution is -0.120. The van der Waals surface area contributed by atoms with Gasteiger partial charge >= 0.3 is 5.97 Å². The van der Waals surface area contributed by atoms with Gasteiger partial charge in [0, 0.05) is 10.6 Å². The van der Waals surface area contributed by atoms with Gasteiger partial charge in [-0.3, -0.25) is 9.59 Å². The van der Waals surface area contributed by atoms with E-state index in [1.54, 1.807) is 72.8 Å². The van der Waals surface area contributed by atoms with Gasteiger partial charge in [0.05, 0.1) is 23.3 Å². The summed E-state index contributed by atoms with van der Waals surface area (Å²) >= 11 is 11.8. The molecule has 0 aliphatic heterocycles. The monoisotopic (exact) mass is 469 g/mol. The lowest BCUT2D eigenvalue weighted by atomic mass is 10.2. The van der Waals surface area contributed by atoms with E-state index in [4.69, 9.17) is 27.9 Å². The van der Waals surface area contributed by atoms with E-state index in [0.29, 0.717) is 26.9 Å². The van der Waals surface area contributed by atoms with Crippen LogP contribution in [-0.4, -0.2) is 30.5 Å². The zero-order valence-electron chi connectivity index (χ0n) is 16.5. The molecule has 0 atom stereocenters. The Bertz CT molecular complexity index is 1150. The molecule has 0 bridgehead atoms. The van der Waals surface area contributed by atoms with Crippen LogP contribution in [0.25, 0.3) is 0 Å². The summed E-state index contributed by atoms with van der Waals surface area (Å²) in [7, 11) is 0. The van der Waals surface area contributed by atoms with Gasteiger partial charge in [0.25, 0.3) is 11.8 Å². The van der Waals surface area contributed by atoms with Crippen LogP contribution in [0.1, 0.15) is 26.3 Å². The molecule has 0 saturated heterocycles. The number of rotatable bonds is 7. The molecule has 0 spiro atoms. The molecule has 3 aromatic carbocycles. The van der Waals surface area contributed by atoms with Crippen molar-refractivity contribution < 1.29 is 19.1 Å². The summed E-state index contributed by atoms with van der Waals surface area (Å²) in [5.41, 5.74) is 3.64. The fraction of sp³-hybridized carbons (Fsp3) is 0.0435. The zero-order valence-corrected chi connectivity index (χ0v) is 18.1. The van der Waals surface area contributed by atoms with Crippen LogP contribution in [0.5, 0.6) is 5.75 Å². The molecule has 9 heteroatoms. The second kappa shape index (κ2) is 11.1. The summed E-state index contributed by atoms with van der Waals surface area (Å²) in [6, 6.07) is 19.4. The molecule has 162 valence electrons. The number of nitrogens with zero attached hydrogens (tertiary/aromatic N) is 1. The normalized spacial score (nSPS) is 10.6. The first kappa shape index (κ1) is 23.0. The molecule has 0 aliphatic carbocycles. The maximum Gasteiger partial charge on any atom is 0.345 e. The first-order valence-corrected chi connectivity index (χ1v) is 10.1. The van der Waals surface area contributed by atoms with E-state index in [9.17, 15) is 14.4 Å². The van der Waals surface area contributed by atoms with Crippen molar-refractivity contribution in [2.24, 2.45) is 5.10 Å². The Morgan fingerprint density at radius 2 is 1.59 bits per heavy atom.